The van der Waals surface area contributed by atoms with Crippen molar-refractivity contribution in [2.24, 2.45) is 5.92 Å². The maximum Gasteiger partial charge on any atom is 0.412 e. The second-order valence-electron chi connectivity index (χ2n) is 13.4. The van der Waals surface area contributed by atoms with E-state index in [2.05, 4.69) is 10.6 Å². The van der Waals surface area contributed by atoms with E-state index < -0.39 is 59.8 Å². The van der Waals surface area contributed by atoms with Gasteiger partial charge in [0.05, 0.1) is 36.7 Å². The Balaban J connectivity index is 1.55. The number of hydrogen-bond donors (Lipinski definition) is 4. The third-order valence-corrected chi connectivity index (χ3v) is 10.1. The SMILES string of the molecule is COc1cc2cc(c1Cl)N(C)C(=O)C[C@H](OC(=O)Nc1c(C)cccc1N)[C@]1(C)O[C@H]1[C@H](C)[C@@H]1C[C@@](O)(NC(=O)O1)[C@H](OC)/C=C/C=C(\C)C2. The number of aryl methyl sites for hydroxylation is 1. The maximum atomic E-state index is 14.0. The van der Waals surface area contributed by atoms with Crippen LogP contribution in [0.1, 0.15) is 44.7 Å². The topological polar surface area (TPSA) is 174 Å². The van der Waals surface area contributed by atoms with Crippen molar-refractivity contribution in [3.05, 3.63) is 70.3 Å². The largest absolute Gasteiger partial charge is 0.495 e. The smallest absolute Gasteiger partial charge is 0.412 e. The van der Waals surface area contributed by atoms with E-state index in [1.807, 2.05) is 19.9 Å². The van der Waals surface area contributed by atoms with Gasteiger partial charge in [0.15, 0.2) is 5.72 Å². The summed E-state index contributed by atoms with van der Waals surface area (Å²) in [7, 11) is 4.52. The number of nitrogen functional groups attached to an aromatic ring is 1. The predicted octanol–water partition coefficient (Wildman–Crippen LogP) is 5.26. The van der Waals surface area contributed by atoms with Crippen LogP contribution in [-0.4, -0.2) is 80.2 Å². The molecule has 0 saturated carbocycles. The molecule has 0 unspecified atom stereocenters. The summed E-state index contributed by atoms with van der Waals surface area (Å²) in [5.74, 6) is -0.541. The van der Waals surface area contributed by atoms with Gasteiger partial charge in [-0.3, -0.25) is 15.4 Å². The number of nitrogens with one attached hydrogen (secondary N) is 2. The van der Waals surface area contributed by atoms with Gasteiger partial charge in [0, 0.05) is 26.5 Å². The Kier molecular flexibility index (Phi) is 10.7. The number of alkyl carbamates (subject to hydrolysis) is 1. The molecule has 2 aromatic rings. The number of carbonyl (C=O) groups excluding carboxylic acids is 3. The van der Waals surface area contributed by atoms with Crippen LogP contribution in [0.4, 0.5) is 26.7 Å². The van der Waals surface area contributed by atoms with Gasteiger partial charge < -0.3 is 39.4 Å². The van der Waals surface area contributed by atoms with Crippen LogP contribution in [0.15, 0.2) is 54.1 Å². The number of hydrogen-bond acceptors (Lipinski definition) is 10. The third kappa shape index (κ3) is 7.55. The molecule has 5 rings (SSSR count). The molecule has 0 aromatic heterocycles. The molecule has 7 atom stereocenters. The van der Waals surface area contributed by atoms with Gasteiger partial charge >= 0.3 is 12.2 Å². The summed E-state index contributed by atoms with van der Waals surface area (Å²) >= 11 is 6.74. The lowest BCUT2D eigenvalue weighted by Gasteiger charge is -2.42. The number of benzene rings is 2. The molecule has 3 aliphatic heterocycles. The van der Waals surface area contributed by atoms with Gasteiger partial charge in [-0.15, -0.1) is 0 Å². The highest BCUT2D eigenvalue weighted by Gasteiger charge is 2.64. The van der Waals surface area contributed by atoms with Crippen LogP contribution in [-0.2, 0) is 30.2 Å². The quantitative estimate of drug-likeness (QED) is 0.242. The molecular formula is C36H45ClN4O9. The molecular weight excluding hydrogens is 668 g/mol. The summed E-state index contributed by atoms with van der Waals surface area (Å²) in [6.07, 6.45) is 0.252. The Morgan fingerprint density at radius 3 is 2.64 bits per heavy atom. The molecule has 5 N–H and O–H groups in total. The Labute approximate surface area is 296 Å². The highest BCUT2D eigenvalue weighted by molar-refractivity contribution is 6.35. The zero-order valence-electron chi connectivity index (χ0n) is 29.2. The number of fused-ring (bicyclic) bond motifs is 5. The lowest BCUT2D eigenvalue weighted by atomic mass is 9.83. The maximum absolute atomic E-state index is 14.0. The van der Waals surface area contributed by atoms with E-state index in [0.29, 0.717) is 29.2 Å². The molecule has 4 bridgehead atoms. The first-order valence-corrected chi connectivity index (χ1v) is 16.7. The number of amides is 3. The first kappa shape index (κ1) is 37.0. The van der Waals surface area contributed by atoms with Crippen LogP contribution in [0.3, 0.4) is 0 Å². The van der Waals surface area contributed by atoms with Crippen molar-refractivity contribution in [2.75, 3.05) is 37.2 Å². The number of carbonyl (C=O) groups is 3. The molecule has 3 amide bonds. The van der Waals surface area contributed by atoms with E-state index in [1.165, 1.54) is 19.1 Å². The molecule has 0 spiro atoms. The van der Waals surface area contributed by atoms with Gasteiger partial charge in [0.2, 0.25) is 5.91 Å². The molecule has 0 radical (unpaired) electrons. The lowest BCUT2D eigenvalue weighted by Crippen LogP contribution is -2.63. The van der Waals surface area contributed by atoms with E-state index in [-0.39, 0.29) is 17.9 Å². The third-order valence-electron chi connectivity index (χ3n) is 9.73. The highest BCUT2D eigenvalue weighted by Crippen LogP contribution is 2.49. The van der Waals surface area contributed by atoms with Gasteiger partial charge in [-0.2, -0.15) is 0 Å². The Bertz CT molecular complexity index is 1700. The van der Waals surface area contributed by atoms with E-state index in [0.717, 1.165) is 16.7 Å². The first-order chi connectivity index (χ1) is 23.6. The summed E-state index contributed by atoms with van der Waals surface area (Å²) in [5, 5.41) is 17.2. The second kappa shape index (κ2) is 14.5. The van der Waals surface area contributed by atoms with Gasteiger partial charge in [0.1, 0.15) is 34.7 Å². The monoisotopic (exact) mass is 712 g/mol. The summed E-state index contributed by atoms with van der Waals surface area (Å²) in [4.78, 5) is 41.7. The first-order valence-electron chi connectivity index (χ1n) is 16.3. The highest BCUT2D eigenvalue weighted by atomic mass is 35.5. The zero-order chi connectivity index (χ0) is 36.5. The number of nitrogens with zero attached hydrogens (tertiary/aromatic N) is 1. The molecule has 2 fully saturated rings. The van der Waals surface area contributed by atoms with E-state index in [4.69, 9.17) is 41.0 Å². The average Bonchev–Trinajstić information content (AvgIpc) is 3.75. The van der Waals surface area contributed by atoms with Crippen molar-refractivity contribution >= 4 is 46.8 Å². The molecule has 14 heteroatoms. The number of epoxide rings is 1. The molecule has 2 aromatic carbocycles. The number of rotatable bonds is 4. The normalized spacial score (nSPS) is 31.7. The molecule has 13 nitrogen and oxygen atoms in total. The summed E-state index contributed by atoms with van der Waals surface area (Å²) in [6.45, 7) is 7.26. The van der Waals surface area contributed by atoms with Gasteiger partial charge in [-0.1, -0.05) is 54.5 Å². The van der Waals surface area contributed by atoms with Crippen LogP contribution < -0.4 is 26.0 Å². The fraction of sp³-hybridized carbons (Fsp3) is 0.472. The molecule has 3 heterocycles. The van der Waals surface area contributed by atoms with Crippen LogP contribution in [0, 0.1) is 12.8 Å². The molecule has 2 saturated heterocycles. The van der Waals surface area contributed by atoms with Crippen LogP contribution in [0.5, 0.6) is 5.75 Å². The van der Waals surface area contributed by atoms with Crippen LogP contribution in [0.25, 0.3) is 0 Å². The average molecular weight is 713 g/mol. The van der Waals surface area contributed by atoms with E-state index in [1.54, 1.807) is 63.4 Å². The standard InChI is InChI=1S/C36H45ClN4O9/c1-19-10-8-13-27(47-7)36(45)18-26(48-34(44)40-36)21(3)32-35(4,50-32)28(49-33(43)39-31-20(2)11-9-12-23(31)38)17-29(42)41(5)24-15-22(14-19)16-25(46-6)30(24)37/h8-13,15-16,21,26-28,32,45H,14,17-18,38H2,1-7H3,(H,39,43)(H,40,44)/b13-8+,19-10+/t21-,26+,27-,28+,32+,35+,36+/m1/s1. The summed E-state index contributed by atoms with van der Waals surface area (Å²) in [5.41, 5.74) is 6.73. The minimum absolute atomic E-state index is 0.0360. The second-order valence-corrected chi connectivity index (χ2v) is 13.7. The van der Waals surface area contributed by atoms with Crippen LogP contribution >= 0.6 is 11.6 Å². The van der Waals surface area contributed by atoms with Crippen molar-refractivity contribution < 1.29 is 43.2 Å². The Hall–Kier alpha value is -4.30. The van der Waals surface area contributed by atoms with Crippen molar-refractivity contribution in [3.8, 4) is 5.75 Å². The molecule has 50 heavy (non-hydrogen) atoms. The van der Waals surface area contributed by atoms with Crippen molar-refractivity contribution in [1.82, 2.24) is 5.32 Å². The number of methoxy groups -OCH3 is 2. The Morgan fingerprint density at radius 1 is 1.22 bits per heavy atom. The molecule has 3 aliphatic rings. The number of anilines is 3. The van der Waals surface area contributed by atoms with Gasteiger partial charge in [-0.25, -0.2) is 9.59 Å². The number of nitrogens with two attached hydrogens (primary N) is 1. The minimum Gasteiger partial charge on any atom is -0.495 e. The zero-order valence-corrected chi connectivity index (χ0v) is 30.0. The van der Waals surface area contributed by atoms with Gasteiger partial charge in [0.25, 0.3) is 0 Å². The minimum atomic E-state index is -1.81. The fourth-order valence-corrected chi connectivity index (χ4v) is 7.04. The Morgan fingerprint density at radius 2 is 1.96 bits per heavy atom. The number of ether oxygens (including phenoxy) is 5. The van der Waals surface area contributed by atoms with Gasteiger partial charge in [-0.05, 0) is 56.5 Å². The lowest BCUT2D eigenvalue weighted by molar-refractivity contribution is -0.142. The van der Waals surface area contributed by atoms with Crippen LogP contribution in [0.2, 0.25) is 5.02 Å². The summed E-state index contributed by atoms with van der Waals surface area (Å²) < 4.78 is 29.0. The molecule has 270 valence electrons. The summed E-state index contributed by atoms with van der Waals surface area (Å²) in [6, 6.07) is 8.81. The number of halogens is 1. The van der Waals surface area contributed by atoms with E-state index in [9.17, 15) is 19.5 Å². The number of allylic oxidation sites excluding steroid dienone is 3. The number of para-hydroxylation sites is 1. The van der Waals surface area contributed by atoms with Crippen molar-refractivity contribution in [1.29, 1.82) is 0 Å². The predicted molar refractivity (Wildman–Crippen MR) is 188 cm³/mol. The van der Waals surface area contributed by atoms with E-state index >= 15 is 0 Å². The fourth-order valence-electron chi connectivity index (χ4n) is 6.73. The molecule has 0 aliphatic carbocycles. The number of aliphatic hydroxyl groups is 1. The van der Waals surface area contributed by atoms with Crippen molar-refractivity contribution in [2.45, 2.75) is 82.7 Å². The van der Waals surface area contributed by atoms with Crippen molar-refractivity contribution in [3.63, 3.8) is 0 Å².